The number of hydrogen-bond acceptors (Lipinski definition) is 5. The lowest BCUT2D eigenvalue weighted by atomic mass is 9.98. The van der Waals surface area contributed by atoms with Crippen molar-refractivity contribution in [2.45, 2.75) is 12.7 Å². The van der Waals surface area contributed by atoms with Crippen molar-refractivity contribution in [1.29, 1.82) is 0 Å². The molecule has 0 unspecified atom stereocenters. The molecule has 4 N–H and O–H groups in total. The van der Waals surface area contributed by atoms with Crippen LogP contribution in [0, 0.1) is 0 Å². The Morgan fingerprint density at radius 1 is 0.929 bits per heavy atom. The van der Waals surface area contributed by atoms with Gasteiger partial charge in [-0.2, -0.15) is 13.2 Å². The molecule has 0 atom stereocenters. The smallest absolute Gasteiger partial charge is 0.416 e. The zero-order chi connectivity index (χ0) is 30.3. The van der Waals surface area contributed by atoms with E-state index in [1.54, 1.807) is 49.6 Å². The van der Waals surface area contributed by atoms with Crippen LogP contribution in [0.4, 0.5) is 18.9 Å². The minimum absolute atomic E-state index is 0.0553. The van der Waals surface area contributed by atoms with Gasteiger partial charge in [0.15, 0.2) is 0 Å². The van der Waals surface area contributed by atoms with Gasteiger partial charge in [0.25, 0.3) is 5.91 Å². The highest BCUT2D eigenvalue weighted by Gasteiger charge is 2.30. The lowest BCUT2D eigenvalue weighted by molar-refractivity contribution is -0.137. The zero-order valence-electron chi connectivity index (χ0n) is 22.4. The Morgan fingerprint density at radius 2 is 1.62 bits per heavy atom. The molecule has 5 rings (SSSR count). The van der Waals surface area contributed by atoms with Gasteiger partial charge in [-0.25, -0.2) is 4.79 Å². The summed E-state index contributed by atoms with van der Waals surface area (Å²) in [5.74, 6) is -0.657. The molecule has 0 saturated heterocycles. The molecule has 0 aliphatic carbocycles. The number of nitrogens with two attached hydrogens (primary N) is 1. The number of aromatic carboxylic acids is 1. The third kappa shape index (κ3) is 7.29. The molecule has 1 amide bonds. The summed E-state index contributed by atoms with van der Waals surface area (Å²) in [6.07, 6.45) is -3.21. The van der Waals surface area contributed by atoms with Gasteiger partial charge < -0.3 is 20.9 Å². The van der Waals surface area contributed by atoms with Crippen LogP contribution < -0.4 is 15.8 Å². The number of ether oxygens (including phenoxy) is 1. The van der Waals surface area contributed by atoms with Crippen molar-refractivity contribution in [2.24, 2.45) is 5.73 Å². The number of fused-ring (bicyclic) bond motifs is 1. The van der Waals surface area contributed by atoms with E-state index in [0.717, 1.165) is 23.4 Å². The van der Waals surface area contributed by atoms with Crippen LogP contribution in [0.15, 0.2) is 103 Å². The predicted octanol–water partition coefficient (Wildman–Crippen LogP) is 7.03. The number of halogens is 3. The number of nitrogens with zero attached hydrogens (tertiary/aromatic N) is 1. The molecule has 0 radical (unpaired) electrons. The first-order valence-electron chi connectivity index (χ1n) is 12.6. The van der Waals surface area contributed by atoms with Crippen LogP contribution in [0.3, 0.4) is 0 Å². The molecule has 7 nitrogen and oxygen atoms in total. The van der Waals surface area contributed by atoms with Crippen LogP contribution >= 0.6 is 0 Å². The van der Waals surface area contributed by atoms with Crippen LogP contribution in [-0.4, -0.2) is 29.1 Å². The Kier molecular flexibility index (Phi) is 9.18. The molecule has 0 bridgehead atoms. The molecule has 4 aromatic carbocycles. The van der Waals surface area contributed by atoms with Crippen molar-refractivity contribution in [1.82, 2.24) is 4.98 Å². The largest absolute Gasteiger partial charge is 0.497 e. The number of benzene rings is 4. The van der Waals surface area contributed by atoms with E-state index in [9.17, 15) is 22.8 Å². The van der Waals surface area contributed by atoms with Crippen molar-refractivity contribution < 1.29 is 32.6 Å². The summed E-state index contributed by atoms with van der Waals surface area (Å²) in [5, 5.41) is 12.4. The summed E-state index contributed by atoms with van der Waals surface area (Å²) in [5.41, 5.74) is 8.02. The van der Waals surface area contributed by atoms with Gasteiger partial charge in [0.2, 0.25) is 0 Å². The Balaban J connectivity index is 0.000000343. The fourth-order valence-corrected chi connectivity index (χ4v) is 4.05. The topological polar surface area (TPSA) is 115 Å². The van der Waals surface area contributed by atoms with Gasteiger partial charge in [-0.15, -0.1) is 0 Å². The van der Waals surface area contributed by atoms with E-state index in [-0.39, 0.29) is 5.56 Å². The lowest BCUT2D eigenvalue weighted by Gasteiger charge is -2.12. The van der Waals surface area contributed by atoms with Gasteiger partial charge in [0, 0.05) is 29.4 Å². The van der Waals surface area contributed by atoms with Crippen LogP contribution in [0.25, 0.3) is 22.0 Å². The van der Waals surface area contributed by atoms with Gasteiger partial charge in [-0.05, 0) is 65.2 Å². The standard InChI is InChI=1S/C24H15F3N2O3.C8H11NO/c25-24(26,27)17-8-5-14(6-9-17)19-3-1-2-4-20(19)22(30)29-18-10-7-15-11-16(23(31)32)13-28-21(15)12-18;1-10-8-4-2-7(6-9)3-5-8/h1-13H,(H,29,30)(H,31,32);2-5H,6,9H2,1H3. The van der Waals surface area contributed by atoms with Gasteiger partial charge in [0.05, 0.1) is 23.8 Å². The summed E-state index contributed by atoms with van der Waals surface area (Å²) in [6.45, 7) is 0.587. The van der Waals surface area contributed by atoms with Crippen molar-refractivity contribution in [3.05, 3.63) is 126 Å². The van der Waals surface area contributed by atoms with E-state index < -0.39 is 23.6 Å². The number of rotatable bonds is 6. The molecule has 0 spiro atoms. The first-order chi connectivity index (χ1) is 20.1. The second-order valence-electron chi connectivity index (χ2n) is 9.06. The fraction of sp³-hybridized carbons (Fsp3) is 0.0938. The maximum absolute atomic E-state index is 12.9. The molecule has 1 aromatic heterocycles. The highest BCUT2D eigenvalue weighted by Crippen LogP contribution is 2.32. The minimum Gasteiger partial charge on any atom is -0.497 e. The van der Waals surface area contributed by atoms with Gasteiger partial charge in [-0.3, -0.25) is 9.78 Å². The molecule has 0 fully saturated rings. The maximum atomic E-state index is 12.9. The number of methoxy groups -OCH3 is 1. The van der Waals surface area contributed by atoms with Crippen molar-refractivity contribution in [2.75, 3.05) is 12.4 Å². The highest BCUT2D eigenvalue weighted by molar-refractivity contribution is 6.09. The second-order valence-corrected chi connectivity index (χ2v) is 9.06. The number of hydrogen-bond donors (Lipinski definition) is 3. The fourth-order valence-electron chi connectivity index (χ4n) is 4.05. The predicted molar refractivity (Wildman–Crippen MR) is 154 cm³/mol. The third-order valence-corrected chi connectivity index (χ3v) is 6.28. The molecular formula is C32H26F3N3O4. The average Bonchev–Trinajstić information content (AvgIpc) is 3.00. The highest BCUT2D eigenvalue weighted by atomic mass is 19.4. The molecule has 214 valence electrons. The number of alkyl halides is 3. The number of carbonyl (C=O) groups excluding carboxylic acids is 1. The molecule has 10 heteroatoms. The summed E-state index contributed by atoms with van der Waals surface area (Å²) < 4.78 is 43.5. The number of pyridine rings is 1. The third-order valence-electron chi connectivity index (χ3n) is 6.28. The molecule has 42 heavy (non-hydrogen) atoms. The Labute approximate surface area is 239 Å². The maximum Gasteiger partial charge on any atom is 0.416 e. The minimum atomic E-state index is -4.44. The molecule has 1 heterocycles. The number of anilines is 1. The van der Waals surface area contributed by atoms with Gasteiger partial charge >= 0.3 is 12.1 Å². The summed E-state index contributed by atoms with van der Waals surface area (Å²) in [7, 11) is 1.65. The first kappa shape index (κ1) is 29.8. The summed E-state index contributed by atoms with van der Waals surface area (Å²) in [4.78, 5) is 28.1. The Hall–Kier alpha value is -5.22. The van der Waals surface area contributed by atoms with Gasteiger partial charge in [0.1, 0.15) is 5.75 Å². The quantitative estimate of drug-likeness (QED) is 0.201. The molecular weight excluding hydrogens is 547 g/mol. The van der Waals surface area contributed by atoms with Crippen LogP contribution in [0.5, 0.6) is 5.75 Å². The van der Waals surface area contributed by atoms with Gasteiger partial charge in [-0.1, -0.05) is 48.5 Å². The van der Waals surface area contributed by atoms with Crippen LogP contribution in [-0.2, 0) is 12.7 Å². The van der Waals surface area contributed by atoms with Crippen molar-refractivity contribution in [3.63, 3.8) is 0 Å². The van der Waals surface area contributed by atoms with Crippen LogP contribution in [0.2, 0.25) is 0 Å². The van der Waals surface area contributed by atoms with E-state index in [2.05, 4.69) is 10.3 Å². The second kappa shape index (κ2) is 13.0. The first-order valence-corrected chi connectivity index (χ1v) is 12.6. The molecule has 0 aliphatic rings. The van der Waals surface area contributed by atoms with E-state index in [4.69, 9.17) is 15.6 Å². The van der Waals surface area contributed by atoms with E-state index in [0.29, 0.717) is 39.8 Å². The van der Waals surface area contributed by atoms with Crippen LogP contribution in [0.1, 0.15) is 31.8 Å². The van der Waals surface area contributed by atoms with Crippen molar-refractivity contribution in [3.8, 4) is 16.9 Å². The van der Waals surface area contributed by atoms with E-state index in [1.165, 1.54) is 24.4 Å². The lowest BCUT2D eigenvalue weighted by Crippen LogP contribution is -2.13. The van der Waals surface area contributed by atoms with Crippen molar-refractivity contribution >= 4 is 28.5 Å². The zero-order valence-corrected chi connectivity index (χ0v) is 22.4. The number of nitrogens with one attached hydrogen (secondary N) is 1. The Morgan fingerprint density at radius 3 is 2.24 bits per heavy atom. The average molecular weight is 574 g/mol. The number of amides is 1. The number of aromatic nitrogens is 1. The number of carboxylic acid groups (broad SMARTS) is 1. The molecule has 0 aliphatic heterocycles. The monoisotopic (exact) mass is 573 g/mol. The molecule has 0 saturated carbocycles. The number of carbonyl (C=O) groups is 2. The summed E-state index contributed by atoms with van der Waals surface area (Å²) >= 11 is 0. The summed E-state index contributed by atoms with van der Waals surface area (Å²) in [6, 6.07) is 25.3. The van der Waals surface area contributed by atoms with E-state index in [1.807, 2.05) is 24.3 Å². The van der Waals surface area contributed by atoms with E-state index >= 15 is 0 Å². The Bertz CT molecular complexity index is 1680. The normalized spacial score (nSPS) is 10.9. The molecule has 5 aromatic rings. The number of carboxylic acids is 1. The SMILES string of the molecule is COc1ccc(CN)cc1.O=C(O)c1cnc2cc(NC(=O)c3ccccc3-c3ccc(C(F)(F)F)cc3)ccc2c1.